The molecule has 0 saturated carbocycles. The molecule has 2 bridgehead atoms. The van der Waals surface area contributed by atoms with E-state index >= 15 is 0 Å². The van der Waals surface area contributed by atoms with Crippen molar-refractivity contribution in [2.45, 2.75) is 140 Å². The minimum Gasteiger partial charge on any atom is -0.493 e. The van der Waals surface area contributed by atoms with E-state index in [9.17, 15) is 24.0 Å². The Morgan fingerprint density at radius 2 is 1.85 bits per heavy atom. The topological polar surface area (TPSA) is 188 Å². The molecule has 2 fully saturated rings. The van der Waals surface area contributed by atoms with Crippen molar-refractivity contribution in [1.82, 2.24) is 15.1 Å². The zero-order valence-corrected chi connectivity index (χ0v) is 37.8. The molecule has 2 saturated heterocycles. The first-order valence-corrected chi connectivity index (χ1v) is 22.7. The number of nitrogens with zero attached hydrogens (tertiary/aromatic N) is 3. The van der Waals surface area contributed by atoms with Gasteiger partial charge in [-0.2, -0.15) is 0 Å². The lowest BCUT2D eigenvalue weighted by Crippen LogP contribution is -2.69. The minimum atomic E-state index is -0.801. The molecule has 6 rings (SSSR count). The van der Waals surface area contributed by atoms with Crippen LogP contribution in [-0.4, -0.2) is 130 Å². The number of ketones is 3. The van der Waals surface area contributed by atoms with Gasteiger partial charge in [0, 0.05) is 87.9 Å². The molecular weight excluding hydrogens is 795 g/mol. The highest BCUT2D eigenvalue weighted by Crippen LogP contribution is 2.68. The Hall–Kier alpha value is -4.34. The van der Waals surface area contributed by atoms with Gasteiger partial charge in [-0.15, -0.1) is 0 Å². The molecule has 1 spiro atoms. The van der Waals surface area contributed by atoms with Gasteiger partial charge in [0.2, 0.25) is 5.91 Å². The largest absolute Gasteiger partial charge is 0.493 e. The maximum Gasteiger partial charge on any atom is 0.415 e. The average Bonchev–Trinajstić information content (AvgIpc) is 3.62. The molecule has 0 aromatic heterocycles. The number of carbonyl (C=O) groups excluding carboxylic acids is 5. The highest BCUT2D eigenvalue weighted by molar-refractivity contribution is 5.90. The smallest absolute Gasteiger partial charge is 0.415 e. The molecule has 15 nitrogen and oxygen atoms in total. The first-order valence-electron chi connectivity index (χ1n) is 22.7. The summed E-state index contributed by atoms with van der Waals surface area (Å²) in [7, 11) is 5.46. The Morgan fingerprint density at radius 3 is 2.60 bits per heavy atom. The first-order chi connectivity index (χ1) is 29.8. The van der Waals surface area contributed by atoms with Crippen LogP contribution in [0.4, 0.5) is 4.79 Å². The van der Waals surface area contributed by atoms with Crippen LogP contribution in [0, 0.1) is 11.3 Å². The number of hydrogen-bond donors (Lipinski definition) is 2. The highest BCUT2D eigenvalue weighted by atomic mass is 16.6. The van der Waals surface area contributed by atoms with Crippen LogP contribution in [0.15, 0.2) is 29.0 Å². The molecule has 1 aromatic rings. The van der Waals surface area contributed by atoms with Gasteiger partial charge < -0.3 is 49.3 Å². The molecule has 3 heterocycles. The number of carbonyl (C=O) groups is 5. The van der Waals surface area contributed by atoms with E-state index in [-0.39, 0.29) is 72.9 Å². The van der Waals surface area contributed by atoms with E-state index in [1.807, 2.05) is 19.1 Å². The fourth-order valence-corrected chi connectivity index (χ4v) is 10.8. The minimum absolute atomic E-state index is 0.0129. The number of likely N-dealkylation sites (tertiary alicyclic amines) is 2. The number of amidine groups is 1. The van der Waals surface area contributed by atoms with Gasteiger partial charge in [0.25, 0.3) is 0 Å². The van der Waals surface area contributed by atoms with Crippen LogP contribution in [0.2, 0.25) is 0 Å². The summed E-state index contributed by atoms with van der Waals surface area (Å²) >= 11 is 0. The molecule has 3 aliphatic heterocycles. The number of Topliss-reactive ketones (excluding diaryl/α,β-unsaturated/α-hetero) is 3. The molecule has 15 heteroatoms. The third-order valence-electron chi connectivity index (χ3n) is 14.3. The average molecular weight is 864 g/mol. The zero-order valence-electron chi connectivity index (χ0n) is 37.8. The Kier molecular flexibility index (Phi) is 15.9. The predicted octanol–water partition coefficient (Wildman–Crippen LogP) is 5.23. The van der Waals surface area contributed by atoms with E-state index in [0.717, 1.165) is 25.1 Å². The van der Waals surface area contributed by atoms with Gasteiger partial charge in [0.1, 0.15) is 17.3 Å². The van der Waals surface area contributed by atoms with Crippen LogP contribution in [-0.2, 0) is 45.2 Å². The van der Waals surface area contributed by atoms with Crippen molar-refractivity contribution in [2.75, 3.05) is 60.7 Å². The maximum absolute atomic E-state index is 14.6. The number of ether oxygens (including phenoxy) is 5. The number of hydrogen-bond acceptors (Lipinski definition) is 12. The predicted molar refractivity (Wildman–Crippen MR) is 233 cm³/mol. The van der Waals surface area contributed by atoms with E-state index in [4.69, 9.17) is 29.4 Å². The number of likely N-dealkylation sites (N-methyl/N-ethyl adjacent to an activating group) is 1. The van der Waals surface area contributed by atoms with Crippen molar-refractivity contribution in [3.63, 3.8) is 0 Å². The van der Waals surface area contributed by atoms with E-state index < -0.39 is 29.7 Å². The fraction of sp³-hybridized carbons (Fsp3) is 0.702. The van der Waals surface area contributed by atoms with Crippen molar-refractivity contribution in [3.05, 3.63) is 35.1 Å². The Morgan fingerprint density at radius 1 is 1.05 bits per heavy atom. The summed E-state index contributed by atoms with van der Waals surface area (Å²) in [6, 6.07) is 3.14. The SMILES string of the molecule is CCC(N)=NCCC[C@H](NC(=O)CCC(C)=O)C(=O)CCC1CC(C(=O)CCCOCCOC)CCN1C(=O)OC1=CC[C@@]2(C)[C@H]3Cc4ccc(OC)c5c4[C@@]2(CCN3C)[C@H]1O5. The summed E-state index contributed by atoms with van der Waals surface area (Å²) in [5.41, 5.74) is 7.74. The zero-order chi connectivity index (χ0) is 44.6. The number of amides is 2. The summed E-state index contributed by atoms with van der Waals surface area (Å²) in [5, 5.41) is 2.86. The van der Waals surface area contributed by atoms with Crippen LogP contribution in [0.25, 0.3) is 0 Å². The van der Waals surface area contributed by atoms with Gasteiger partial charge >= 0.3 is 6.09 Å². The molecule has 3 N–H and O–H groups in total. The second kappa shape index (κ2) is 20.9. The normalized spacial score (nSPS) is 26.8. The molecule has 342 valence electrons. The van der Waals surface area contributed by atoms with Crippen molar-refractivity contribution in [1.29, 1.82) is 0 Å². The Labute approximate surface area is 366 Å². The van der Waals surface area contributed by atoms with E-state index in [1.54, 1.807) is 19.1 Å². The lowest BCUT2D eigenvalue weighted by atomic mass is 9.45. The Balaban J connectivity index is 1.20. The number of piperidine rings is 2. The van der Waals surface area contributed by atoms with Crippen LogP contribution in [0.1, 0.15) is 115 Å². The Bertz CT molecular complexity index is 1880. The van der Waals surface area contributed by atoms with E-state index in [0.29, 0.717) is 95.1 Å². The molecule has 2 unspecified atom stereocenters. The van der Waals surface area contributed by atoms with Gasteiger partial charge in [-0.3, -0.25) is 19.4 Å². The van der Waals surface area contributed by atoms with Gasteiger partial charge in [-0.25, -0.2) is 4.79 Å². The summed E-state index contributed by atoms with van der Waals surface area (Å²) in [6.07, 6.45) is 7.10. The highest BCUT2D eigenvalue weighted by Gasteiger charge is 2.70. The number of allylic oxidation sites excluding steroid dienone is 1. The van der Waals surface area contributed by atoms with Gasteiger partial charge in [-0.05, 0) is 96.0 Å². The second-order valence-electron chi connectivity index (χ2n) is 18.1. The number of nitrogens with one attached hydrogen (secondary N) is 1. The molecular formula is C47H69N5O10. The number of aliphatic imine (C=N–C) groups is 1. The van der Waals surface area contributed by atoms with Gasteiger partial charge in [-0.1, -0.05) is 19.9 Å². The summed E-state index contributed by atoms with van der Waals surface area (Å²) in [5.74, 6) is 1.55. The quantitative estimate of drug-likeness (QED) is 0.0830. The maximum atomic E-state index is 14.6. The van der Waals surface area contributed by atoms with Crippen molar-refractivity contribution >= 4 is 35.2 Å². The summed E-state index contributed by atoms with van der Waals surface area (Å²) in [6.45, 7) is 8.66. The van der Waals surface area contributed by atoms with Crippen LogP contribution < -0.4 is 20.5 Å². The van der Waals surface area contributed by atoms with Crippen LogP contribution >= 0.6 is 0 Å². The molecule has 2 aliphatic carbocycles. The van der Waals surface area contributed by atoms with E-state index in [2.05, 4.69) is 35.2 Å². The first kappa shape index (κ1) is 47.1. The summed E-state index contributed by atoms with van der Waals surface area (Å²) < 4.78 is 29.8. The van der Waals surface area contributed by atoms with E-state index in [1.165, 1.54) is 18.1 Å². The molecule has 2 amide bonds. The number of nitrogens with two attached hydrogens (primary N) is 1. The molecule has 0 radical (unpaired) electrons. The second-order valence-corrected chi connectivity index (χ2v) is 18.1. The fourth-order valence-electron chi connectivity index (χ4n) is 10.8. The number of methoxy groups -OCH3 is 2. The third-order valence-corrected chi connectivity index (χ3v) is 14.3. The van der Waals surface area contributed by atoms with Gasteiger partial charge in [0.05, 0.1) is 37.6 Å². The lowest BCUT2D eigenvalue weighted by Gasteiger charge is -2.63. The molecule has 5 aliphatic rings. The third kappa shape index (κ3) is 9.89. The standard InChI is InChI=1S/C47H69N5O10/c1-7-40(48)49-22-8-10-34(50-41(56)17-12-30(2)53)36(55)15-14-33-28-31(35(54)11-9-25-60-27-26-58-5)19-23-52(33)45(57)61-38-18-20-46(3)39-29-32-13-16-37(59-6)43-42(32)47(46,44(38)62-43)21-24-51(39)4/h13,16,18,31,33-34,39,44H,7-12,14-15,17,19-29H2,1-6H3,(H2,48,49)(H,50,56)/t31?,33?,34-,39+,44-,46-,47-/m0/s1. The number of benzene rings is 1. The van der Waals surface area contributed by atoms with Gasteiger partial charge in [0.15, 0.2) is 23.4 Å². The van der Waals surface area contributed by atoms with Crippen LogP contribution in [0.5, 0.6) is 11.5 Å². The monoisotopic (exact) mass is 864 g/mol. The number of rotatable bonds is 23. The van der Waals surface area contributed by atoms with Crippen molar-refractivity contribution in [2.24, 2.45) is 22.1 Å². The molecule has 62 heavy (non-hydrogen) atoms. The summed E-state index contributed by atoms with van der Waals surface area (Å²) in [4.78, 5) is 75.2. The lowest BCUT2D eigenvalue weighted by molar-refractivity contribution is -0.129. The molecule has 7 atom stereocenters. The molecule has 1 aromatic carbocycles. The van der Waals surface area contributed by atoms with Crippen LogP contribution in [0.3, 0.4) is 0 Å². The van der Waals surface area contributed by atoms with Crippen molar-refractivity contribution < 1.29 is 47.7 Å². The van der Waals surface area contributed by atoms with Crippen molar-refractivity contribution in [3.8, 4) is 11.5 Å².